The summed E-state index contributed by atoms with van der Waals surface area (Å²) in [7, 11) is 3.92. The summed E-state index contributed by atoms with van der Waals surface area (Å²) >= 11 is 0. The zero-order valence-electron chi connectivity index (χ0n) is 12.2. The molecule has 1 aromatic rings. The molecule has 0 aliphatic carbocycles. The normalized spacial score (nSPS) is 10.9. The van der Waals surface area contributed by atoms with Crippen LogP contribution < -0.4 is 10.6 Å². The SMILES string of the molecule is CCNc1nc(NCCOCCN(C)C)c(F)cc1F. The third kappa shape index (κ3) is 5.66. The number of pyridine rings is 1. The minimum absolute atomic E-state index is 0.0264. The van der Waals surface area contributed by atoms with Gasteiger partial charge in [0.05, 0.1) is 13.2 Å². The van der Waals surface area contributed by atoms with Crippen molar-refractivity contribution in [3.8, 4) is 0 Å². The number of halogens is 2. The molecule has 0 amide bonds. The molecule has 0 spiro atoms. The van der Waals surface area contributed by atoms with Crippen molar-refractivity contribution in [3.63, 3.8) is 0 Å². The Kier molecular flexibility index (Phi) is 7.17. The van der Waals surface area contributed by atoms with Crippen LogP contribution in [-0.4, -0.2) is 56.8 Å². The summed E-state index contributed by atoms with van der Waals surface area (Å²) in [4.78, 5) is 5.88. The lowest BCUT2D eigenvalue weighted by atomic mass is 10.4. The van der Waals surface area contributed by atoms with Gasteiger partial charge in [-0.1, -0.05) is 0 Å². The molecule has 114 valence electrons. The topological polar surface area (TPSA) is 49.4 Å². The minimum Gasteiger partial charge on any atom is -0.378 e. The van der Waals surface area contributed by atoms with Crippen LogP contribution in [0.1, 0.15) is 6.92 Å². The van der Waals surface area contributed by atoms with E-state index in [2.05, 4.69) is 15.6 Å². The smallest absolute Gasteiger partial charge is 0.168 e. The van der Waals surface area contributed by atoms with Crippen molar-refractivity contribution in [1.29, 1.82) is 0 Å². The molecule has 0 radical (unpaired) electrons. The maximum atomic E-state index is 13.5. The van der Waals surface area contributed by atoms with Crippen molar-refractivity contribution >= 4 is 11.6 Å². The standard InChI is InChI=1S/C13H22F2N4O/c1-4-16-12-10(14)9-11(15)13(18-12)17-5-7-20-8-6-19(2)3/h9H,4-8H2,1-3H3,(H2,16,17,18). The van der Waals surface area contributed by atoms with Crippen LogP contribution in [0.3, 0.4) is 0 Å². The van der Waals surface area contributed by atoms with Gasteiger partial charge in [0.1, 0.15) is 0 Å². The molecule has 0 saturated heterocycles. The largest absolute Gasteiger partial charge is 0.378 e. The Morgan fingerprint density at radius 2 is 1.80 bits per heavy atom. The fourth-order valence-electron chi connectivity index (χ4n) is 1.47. The van der Waals surface area contributed by atoms with Gasteiger partial charge in [-0.2, -0.15) is 0 Å². The molecule has 0 bridgehead atoms. The van der Waals surface area contributed by atoms with E-state index in [1.165, 1.54) is 0 Å². The lowest BCUT2D eigenvalue weighted by Crippen LogP contribution is -2.20. The van der Waals surface area contributed by atoms with E-state index in [0.717, 1.165) is 12.6 Å². The number of anilines is 2. The van der Waals surface area contributed by atoms with Gasteiger partial charge in [0, 0.05) is 25.7 Å². The quantitative estimate of drug-likeness (QED) is 0.678. The van der Waals surface area contributed by atoms with Crippen LogP contribution in [0.5, 0.6) is 0 Å². The lowest BCUT2D eigenvalue weighted by molar-refractivity contribution is 0.126. The summed E-state index contributed by atoms with van der Waals surface area (Å²) in [5.74, 6) is -1.34. The average Bonchev–Trinajstić information content (AvgIpc) is 2.38. The highest BCUT2D eigenvalue weighted by Gasteiger charge is 2.10. The lowest BCUT2D eigenvalue weighted by Gasteiger charge is -2.12. The van der Waals surface area contributed by atoms with Crippen LogP contribution in [-0.2, 0) is 4.74 Å². The maximum Gasteiger partial charge on any atom is 0.168 e. The fourth-order valence-corrected chi connectivity index (χ4v) is 1.47. The number of aromatic nitrogens is 1. The van der Waals surface area contributed by atoms with E-state index in [1.54, 1.807) is 0 Å². The molecular formula is C13H22F2N4O. The van der Waals surface area contributed by atoms with E-state index in [0.29, 0.717) is 26.3 Å². The van der Waals surface area contributed by atoms with E-state index in [4.69, 9.17) is 4.74 Å². The Morgan fingerprint density at radius 3 is 2.40 bits per heavy atom. The molecule has 7 heteroatoms. The van der Waals surface area contributed by atoms with Crippen molar-refractivity contribution in [2.75, 3.05) is 57.6 Å². The Labute approximate surface area is 118 Å². The fraction of sp³-hybridized carbons (Fsp3) is 0.615. The number of hydrogen-bond donors (Lipinski definition) is 2. The second kappa shape index (κ2) is 8.65. The van der Waals surface area contributed by atoms with Gasteiger partial charge in [-0.05, 0) is 21.0 Å². The summed E-state index contributed by atoms with van der Waals surface area (Å²) < 4.78 is 32.2. The number of nitrogens with zero attached hydrogens (tertiary/aromatic N) is 2. The van der Waals surface area contributed by atoms with Crippen molar-refractivity contribution in [3.05, 3.63) is 17.7 Å². The van der Waals surface area contributed by atoms with Gasteiger partial charge in [0.2, 0.25) is 0 Å². The number of nitrogens with one attached hydrogen (secondary N) is 2. The predicted molar refractivity (Wildman–Crippen MR) is 76.2 cm³/mol. The third-order valence-electron chi connectivity index (χ3n) is 2.50. The Bertz CT molecular complexity index is 416. The first-order valence-electron chi connectivity index (χ1n) is 6.60. The van der Waals surface area contributed by atoms with Crippen molar-refractivity contribution in [2.24, 2.45) is 0 Å². The number of ether oxygens (including phenoxy) is 1. The molecule has 20 heavy (non-hydrogen) atoms. The average molecular weight is 288 g/mol. The zero-order valence-corrected chi connectivity index (χ0v) is 12.2. The van der Waals surface area contributed by atoms with Crippen LogP contribution in [0.15, 0.2) is 6.07 Å². The minimum atomic E-state index is -0.711. The molecule has 5 nitrogen and oxygen atoms in total. The molecule has 1 heterocycles. The maximum absolute atomic E-state index is 13.5. The number of rotatable bonds is 9. The molecule has 0 aromatic carbocycles. The molecule has 0 fully saturated rings. The summed E-state index contributed by atoms with van der Waals surface area (Å²) in [6, 6.07) is 0.820. The molecule has 2 N–H and O–H groups in total. The van der Waals surface area contributed by atoms with Crippen LogP contribution in [0.25, 0.3) is 0 Å². The summed E-state index contributed by atoms with van der Waals surface area (Å²) in [6.45, 7) is 4.61. The van der Waals surface area contributed by atoms with E-state index in [1.807, 2.05) is 25.9 Å². The Morgan fingerprint density at radius 1 is 1.15 bits per heavy atom. The summed E-state index contributed by atoms with van der Waals surface area (Å²) in [6.07, 6.45) is 0. The molecular weight excluding hydrogens is 266 g/mol. The Balaban J connectivity index is 2.41. The van der Waals surface area contributed by atoms with Gasteiger partial charge in [-0.15, -0.1) is 0 Å². The molecule has 0 unspecified atom stereocenters. The second-order valence-electron chi connectivity index (χ2n) is 4.52. The highest BCUT2D eigenvalue weighted by molar-refractivity contribution is 5.47. The zero-order chi connectivity index (χ0) is 15.0. The van der Waals surface area contributed by atoms with E-state index in [-0.39, 0.29) is 11.6 Å². The molecule has 1 aromatic heterocycles. The van der Waals surface area contributed by atoms with E-state index in [9.17, 15) is 8.78 Å². The third-order valence-corrected chi connectivity index (χ3v) is 2.50. The predicted octanol–water partition coefficient (Wildman–Crippen LogP) is 1.78. The molecule has 0 aliphatic rings. The van der Waals surface area contributed by atoms with Crippen molar-refractivity contribution < 1.29 is 13.5 Å². The van der Waals surface area contributed by atoms with Gasteiger partial charge in [-0.25, -0.2) is 13.8 Å². The first-order chi connectivity index (χ1) is 9.54. The van der Waals surface area contributed by atoms with Crippen LogP contribution in [0.2, 0.25) is 0 Å². The highest BCUT2D eigenvalue weighted by Crippen LogP contribution is 2.18. The molecule has 1 rings (SSSR count). The Hall–Kier alpha value is -1.47. The van der Waals surface area contributed by atoms with Gasteiger partial charge in [0.25, 0.3) is 0 Å². The summed E-state index contributed by atoms with van der Waals surface area (Å²) in [5.41, 5.74) is 0. The monoisotopic (exact) mass is 288 g/mol. The van der Waals surface area contributed by atoms with Crippen LogP contribution in [0, 0.1) is 11.6 Å². The van der Waals surface area contributed by atoms with Gasteiger partial charge >= 0.3 is 0 Å². The van der Waals surface area contributed by atoms with Crippen molar-refractivity contribution in [1.82, 2.24) is 9.88 Å². The first kappa shape index (κ1) is 16.6. The van der Waals surface area contributed by atoms with Crippen molar-refractivity contribution in [2.45, 2.75) is 6.92 Å². The van der Waals surface area contributed by atoms with Gasteiger partial charge < -0.3 is 20.3 Å². The second-order valence-corrected chi connectivity index (χ2v) is 4.52. The number of likely N-dealkylation sites (N-methyl/N-ethyl adjacent to an activating group) is 1. The van der Waals surface area contributed by atoms with Crippen LogP contribution in [0.4, 0.5) is 20.4 Å². The van der Waals surface area contributed by atoms with Gasteiger partial charge in [0.15, 0.2) is 23.3 Å². The van der Waals surface area contributed by atoms with Gasteiger partial charge in [-0.3, -0.25) is 0 Å². The van der Waals surface area contributed by atoms with E-state index < -0.39 is 11.6 Å². The first-order valence-corrected chi connectivity index (χ1v) is 6.60. The van der Waals surface area contributed by atoms with Crippen LogP contribution >= 0.6 is 0 Å². The number of hydrogen-bond acceptors (Lipinski definition) is 5. The molecule has 0 saturated carbocycles. The summed E-state index contributed by atoms with van der Waals surface area (Å²) in [5, 5.41) is 5.53. The van der Waals surface area contributed by atoms with E-state index >= 15 is 0 Å². The highest BCUT2D eigenvalue weighted by atomic mass is 19.1. The molecule has 0 aliphatic heterocycles. The molecule has 0 atom stereocenters.